The Labute approximate surface area is 168 Å². The van der Waals surface area contributed by atoms with Crippen molar-refractivity contribution in [1.29, 1.82) is 0 Å². The van der Waals surface area contributed by atoms with Crippen molar-refractivity contribution in [1.82, 2.24) is 9.80 Å². The lowest BCUT2D eigenvalue weighted by Crippen LogP contribution is -2.49. The molecule has 0 bridgehead atoms. The van der Waals surface area contributed by atoms with E-state index in [1.54, 1.807) is 12.0 Å². The number of nitrogens with zero attached hydrogens (tertiary/aromatic N) is 3. The van der Waals surface area contributed by atoms with Gasteiger partial charge in [-0.05, 0) is 48.7 Å². The molecule has 150 valence electrons. The maximum atomic E-state index is 12.6. The Bertz CT molecular complexity index is 796. The first-order valence-corrected chi connectivity index (χ1v) is 9.88. The van der Waals surface area contributed by atoms with Crippen molar-refractivity contribution < 1.29 is 9.53 Å². The summed E-state index contributed by atoms with van der Waals surface area (Å²) >= 11 is 0. The number of rotatable bonds is 6. The summed E-state index contributed by atoms with van der Waals surface area (Å²) in [4.78, 5) is 19.1. The summed E-state index contributed by atoms with van der Waals surface area (Å²) in [6, 6.07) is 14.4. The number of carbonyl (C=O) groups is 1. The molecule has 1 heterocycles. The van der Waals surface area contributed by atoms with Crippen molar-refractivity contribution in [2.24, 2.45) is 0 Å². The highest BCUT2D eigenvalue weighted by Gasteiger charge is 2.21. The van der Waals surface area contributed by atoms with E-state index >= 15 is 0 Å². The van der Waals surface area contributed by atoms with Crippen LogP contribution >= 0.6 is 0 Å². The molecule has 0 radical (unpaired) electrons. The second-order valence-corrected chi connectivity index (χ2v) is 7.58. The molecule has 2 aromatic rings. The number of anilines is 1. The van der Waals surface area contributed by atoms with Crippen LogP contribution in [0.25, 0.3) is 0 Å². The summed E-state index contributed by atoms with van der Waals surface area (Å²) in [5.41, 5.74) is 5.11. The number of methoxy groups -OCH3 is 1. The average molecular weight is 382 g/mol. The minimum absolute atomic E-state index is 0.163. The van der Waals surface area contributed by atoms with Gasteiger partial charge in [0, 0.05) is 45.5 Å². The molecule has 1 saturated heterocycles. The van der Waals surface area contributed by atoms with Crippen LogP contribution in [0.3, 0.4) is 0 Å². The molecule has 1 aliphatic heterocycles. The fourth-order valence-electron chi connectivity index (χ4n) is 3.63. The molecule has 0 spiro atoms. The normalized spacial score (nSPS) is 14.8. The molecule has 1 aliphatic rings. The minimum atomic E-state index is 0.163. The second kappa shape index (κ2) is 9.11. The van der Waals surface area contributed by atoms with Gasteiger partial charge in [0.1, 0.15) is 5.75 Å². The Morgan fingerprint density at radius 2 is 1.71 bits per heavy atom. The zero-order valence-electron chi connectivity index (χ0n) is 17.4. The van der Waals surface area contributed by atoms with Gasteiger partial charge in [-0.3, -0.25) is 9.69 Å². The molecule has 5 heteroatoms. The fraction of sp³-hybridized carbons (Fsp3) is 0.435. The number of amides is 1. The van der Waals surface area contributed by atoms with Crippen LogP contribution in [0.1, 0.15) is 16.7 Å². The van der Waals surface area contributed by atoms with Crippen LogP contribution in [-0.2, 0) is 11.3 Å². The van der Waals surface area contributed by atoms with Crippen LogP contribution in [-0.4, -0.2) is 62.6 Å². The maximum Gasteiger partial charge on any atom is 0.236 e. The van der Waals surface area contributed by atoms with Crippen molar-refractivity contribution in [3.8, 4) is 5.75 Å². The molecule has 0 unspecified atom stereocenters. The van der Waals surface area contributed by atoms with Crippen molar-refractivity contribution in [2.45, 2.75) is 20.4 Å². The standard InChI is InChI=1S/C23H31N3O2/c1-18-6-5-7-22(19(18)2)26-14-12-25(13-15-26)17-23(27)24(3)16-20-8-10-21(28-4)11-9-20/h5-11H,12-17H2,1-4H3. The summed E-state index contributed by atoms with van der Waals surface area (Å²) in [5.74, 6) is 0.996. The van der Waals surface area contributed by atoms with E-state index in [9.17, 15) is 4.79 Å². The van der Waals surface area contributed by atoms with E-state index in [0.29, 0.717) is 13.1 Å². The van der Waals surface area contributed by atoms with Crippen LogP contribution in [0.15, 0.2) is 42.5 Å². The van der Waals surface area contributed by atoms with Crippen LogP contribution in [0.5, 0.6) is 5.75 Å². The average Bonchev–Trinajstić information content (AvgIpc) is 2.71. The first-order chi connectivity index (χ1) is 13.5. The quantitative estimate of drug-likeness (QED) is 0.770. The molecule has 0 atom stereocenters. The van der Waals surface area contributed by atoms with E-state index in [1.807, 2.05) is 31.3 Å². The van der Waals surface area contributed by atoms with Gasteiger partial charge >= 0.3 is 0 Å². The minimum Gasteiger partial charge on any atom is -0.497 e. The number of benzene rings is 2. The van der Waals surface area contributed by atoms with Gasteiger partial charge in [0.2, 0.25) is 5.91 Å². The number of piperazine rings is 1. The SMILES string of the molecule is COc1ccc(CN(C)C(=O)CN2CCN(c3cccc(C)c3C)CC2)cc1. The topological polar surface area (TPSA) is 36.0 Å². The molecule has 1 fully saturated rings. The number of hydrogen-bond acceptors (Lipinski definition) is 4. The molecular weight excluding hydrogens is 350 g/mol. The number of aryl methyl sites for hydroxylation is 1. The Hall–Kier alpha value is -2.53. The second-order valence-electron chi connectivity index (χ2n) is 7.58. The molecule has 0 N–H and O–H groups in total. The van der Waals surface area contributed by atoms with Crippen molar-refractivity contribution >= 4 is 11.6 Å². The molecule has 5 nitrogen and oxygen atoms in total. The van der Waals surface area contributed by atoms with Gasteiger partial charge in [-0.2, -0.15) is 0 Å². The lowest BCUT2D eigenvalue weighted by molar-refractivity contribution is -0.131. The third-order valence-electron chi connectivity index (χ3n) is 5.65. The summed E-state index contributed by atoms with van der Waals surface area (Å²) in [6.45, 7) is 9.18. The van der Waals surface area contributed by atoms with Gasteiger partial charge in [-0.1, -0.05) is 24.3 Å². The smallest absolute Gasteiger partial charge is 0.236 e. The van der Waals surface area contributed by atoms with Gasteiger partial charge < -0.3 is 14.5 Å². The lowest BCUT2D eigenvalue weighted by Gasteiger charge is -2.37. The molecule has 3 rings (SSSR count). The van der Waals surface area contributed by atoms with Gasteiger partial charge in [0.05, 0.1) is 13.7 Å². The van der Waals surface area contributed by atoms with E-state index in [-0.39, 0.29) is 5.91 Å². The molecule has 1 amide bonds. The molecule has 2 aromatic carbocycles. The zero-order chi connectivity index (χ0) is 20.1. The molecule has 0 aromatic heterocycles. The van der Waals surface area contributed by atoms with Crippen molar-refractivity contribution in [3.63, 3.8) is 0 Å². The number of ether oxygens (including phenoxy) is 1. The van der Waals surface area contributed by atoms with Crippen molar-refractivity contribution in [2.75, 3.05) is 51.8 Å². The highest BCUT2D eigenvalue weighted by Crippen LogP contribution is 2.23. The van der Waals surface area contributed by atoms with Gasteiger partial charge in [0.25, 0.3) is 0 Å². The summed E-state index contributed by atoms with van der Waals surface area (Å²) in [6.07, 6.45) is 0. The van der Waals surface area contributed by atoms with Crippen LogP contribution < -0.4 is 9.64 Å². The summed E-state index contributed by atoms with van der Waals surface area (Å²) < 4.78 is 5.19. The lowest BCUT2D eigenvalue weighted by atomic mass is 10.1. The Morgan fingerprint density at radius 1 is 1.04 bits per heavy atom. The van der Waals surface area contributed by atoms with E-state index in [0.717, 1.165) is 37.5 Å². The molecular formula is C23H31N3O2. The monoisotopic (exact) mass is 381 g/mol. The highest BCUT2D eigenvalue weighted by atomic mass is 16.5. The van der Waals surface area contributed by atoms with Gasteiger partial charge in [-0.25, -0.2) is 0 Å². The van der Waals surface area contributed by atoms with E-state index in [1.165, 1.54) is 16.8 Å². The third-order valence-corrected chi connectivity index (χ3v) is 5.65. The fourth-order valence-corrected chi connectivity index (χ4v) is 3.63. The number of hydrogen-bond donors (Lipinski definition) is 0. The molecule has 28 heavy (non-hydrogen) atoms. The van der Waals surface area contributed by atoms with Gasteiger partial charge in [-0.15, -0.1) is 0 Å². The first-order valence-electron chi connectivity index (χ1n) is 9.88. The highest BCUT2D eigenvalue weighted by molar-refractivity contribution is 5.78. The Balaban J connectivity index is 1.49. The molecule has 0 saturated carbocycles. The summed E-state index contributed by atoms with van der Waals surface area (Å²) in [7, 11) is 3.53. The summed E-state index contributed by atoms with van der Waals surface area (Å²) in [5, 5.41) is 0. The third kappa shape index (κ3) is 4.84. The number of carbonyl (C=O) groups excluding carboxylic acids is 1. The Morgan fingerprint density at radius 3 is 2.36 bits per heavy atom. The largest absolute Gasteiger partial charge is 0.497 e. The molecule has 0 aliphatic carbocycles. The van der Waals surface area contributed by atoms with E-state index in [2.05, 4.69) is 41.8 Å². The van der Waals surface area contributed by atoms with E-state index < -0.39 is 0 Å². The van der Waals surface area contributed by atoms with Crippen LogP contribution in [0.4, 0.5) is 5.69 Å². The predicted octanol–water partition coefficient (Wildman–Crippen LogP) is 3.09. The maximum absolute atomic E-state index is 12.6. The van der Waals surface area contributed by atoms with Crippen LogP contribution in [0, 0.1) is 13.8 Å². The predicted molar refractivity (Wildman–Crippen MR) is 114 cm³/mol. The van der Waals surface area contributed by atoms with E-state index in [4.69, 9.17) is 4.74 Å². The van der Waals surface area contributed by atoms with Gasteiger partial charge in [0.15, 0.2) is 0 Å². The first kappa shape index (κ1) is 20.2. The van der Waals surface area contributed by atoms with Crippen LogP contribution in [0.2, 0.25) is 0 Å². The Kier molecular flexibility index (Phi) is 6.57. The van der Waals surface area contributed by atoms with Crippen molar-refractivity contribution in [3.05, 3.63) is 59.2 Å². The zero-order valence-corrected chi connectivity index (χ0v) is 17.4. The number of likely N-dealkylation sites (N-methyl/N-ethyl adjacent to an activating group) is 1.